The Kier molecular flexibility index (Phi) is 5.24. The maximum Gasteiger partial charge on any atom is 0.422 e. The van der Waals surface area contributed by atoms with Gasteiger partial charge in [0.1, 0.15) is 5.82 Å². The Bertz CT molecular complexity index is 981. The number of hydrogen-bond acceptors (Lipinski definition) is 4. The Morgan fingerprint density at radius 3 is 2.90 bits per heavy atom. The zero-order valence-corrected chi connectivity index (χ0v) is 16.4. The number of nitrogens with zero attached hydrogens (tertiary/aromatic N) is 1. The topological polar surface area (TPSA) is 67.0 Å². The van der Waals surface area contributed by atoms with E-state index in [1.807, 2.05) is 24.3 Å². The summed E-state index contributed by atoms with van der Waals surface area (Å²) < 4.78 is 41.4. The molecule has 1 aliphatic rings. The van der Waals surface area contributed by atoms with Gasteiger partial charge in [0.2, 0.25) is 5.91 Å². The molecule has 0 aliphatic heterocycles. The zero-order chi connectivity index (χ0) is 20.6. The van der Waals surface area contributed by atoms with Gasteiger partial charge in [-0.1, -0.05) is 12.1 Å². The highest BCUT2D eigenvalue weighted by molar-refractivity contribution is 7.13. The van der Waals surface area contributed by atoms with Crippen molar-refractivity contribution in [3.05, 3.63) is 47.1 Å². The minimum atomic E-state index is -4.37. The molecule has 2 aromatic heterocycles. The van der Waals surface area contributed by atoms with Crippen LogP contribution in [-0.4, -0.2) is 28.7 Å². The van der Waals surface area contributed by atoms with Crippen LogP contribution in [0.2, 0.25) is 0 Å². The van der Waals surface area contributed by atoms with Gasteiger partial charge in [-0.3, -0.25) is 4.79 Å². The molecule has 3 atom stereocenters. The van der Waals surface area contributed by atoms with E-state index in [1.54, 1.807) is 13.0 Å². The van der Waals surface area contributed by atoms with Crippen molar-refractivity contribution in [3.63, 3.8) is 0 Å². The summed E-state index contributed by atoms with van der Waals surface area (Å²) >= 11 is 1.11. The summed E-state index contributed by atoms with van der Waals surface area (Å²) in [6.45, 7) is 0.486. The van der Waals surface area contributed by atoms with Crippen molar-refractivity contribution in [2.45, 2.75) is 37.9 Å². The molecule has 1 saturated carbocycles. The molecule has 0 radical (unpaired) electrons. The van der Waals surface area contributed by atoms with Crippen LogP contribution >= 0.6 is 11.3 Å². The number of nitrogens with one attached hydrogen (secondary N) is 2. The minimum Gasteiger partial charge on any atom is -0.475 e. The van der Waals surface area contributed by atoms with Crippen LogP contribution in [0.5, 0.6) is 5.06 Å². The van der Waals surface area contributed by atoms with Crippen molar-refractivity contribution in [2.75, 3.05) is 6.61 Å². The maximum absolute atomic E-state index is 12.4. The van der Waals surface area contributed by atoms with E-state index in [9.17, 15) is 18.0 Å². The van der Waals surface area contributed by atoms with E-state index in [1.165, 1.54) is 6.07 Å². The number of carbonyl (C=O) groups is 1. The lowest BCUT2D eigenvalue weighted by Crippen LogP contribution is -2.26. The lowest BCUT2D eigenvalue weighted by molar-refractivity contribution is -0.152. The standard InChI is InChI=1S/C20H20F3N3O2S/c1-11(16-6-7-18(29-16)28-10-20(21,22)23)24-17(27)9-12-8-13(12)19-25-14-4-2-3-5-15(14)26-19/h2-7,11-13H,8-10H2,1H3,(H,24,27)(H,25,26)/t11-,12+,13+/m1/s1. The predicted octanol–water partition coefficient (Wildman–Crippen LogP) is 4.94. The van der Waals surface area contributed by atoms with Crippen molar-refractivity contribution >= 4 is 28.3 Å². The minimum absolute atomic E-state index is 0.0766. The molecule has 2 N–H and O–H groups in total. The summed E-state index contributed by atoms with van der Waals surface area (Å²) in [4.78, 5) is 21.0. The summed E-state index contributed by atoms with van der Waals surface area (Å²) in [6, 6.07) is 10.7. The van der Waals surface area contributed by atoms with Crippen LogP contribution in [0, 0.1) is 5.92 Å². The van der Waals surface area contributed by atoms with Crippen LogP contribution in [0.3, 0.4) is 0 Å². The molecule has 0 bridgehead atoms. The number of fused-ring (bicyclic) bond motifs is 1. The third-order valence-corrected chi connectivity index (χ3v) is 6.09. The number of carbonyl (C=O) groups excluding carboxylic acids is 1. The van der Waals surface area contributed by atoms with Crippen molar-refractivity contribution in [3.8, 4) is 5.06 Å². The van der Waals surface area contributed by atoms with E-state index in [0.29, 0.717) is 6.42 Å². The number of aromatic amines is 1. The van der Waals surface area contributed by atoms with E-state index in [-0.39, 0.29) is 28.8 Å². The smallest absolute Gasteiger partial charge is 0.422 e. The molecule has 9 heteroatoms. The van der Waals surface area contributed by atoms with Crippen LogP contribution in [0.15, 0.2) is 36.4 Å². The monoisotopic (exact) mass is 423 g/mol. The number of halogens is 3. The van der Waals surface area contributed by atoms with Gasteiger partial charge in [-0.15, -0.1) is 11.3 Å². The number of ether oxygens (including phenoxy) is 1. The van der Waals surface area contributed by atoms with Crippen LogP contribution in [0.1, 0.15) is 42.4 Å². The number of para-hydroxylation sites is 2. The van der Waals surface area contributed by atoms with E-state index in [4.69, 9.17) is 4.74 Å². The number of hydrogen-bond donors (Lipinski definition) is 2. The first-order chi connectivity index (χ1) is 13.8. The molecule has 1 amide bonds. The number of imidazole rings is 1. The molecule has 2 heterocycles. The molecule has 0 spiro atoms. The van der Waals surface area contributed by atoms with Crippen molar-refractivity contribution in [2.24, 2.45) is 5.92 Å². The molecule has 0 unspecified atom stereocenters. The number of aromatic nitrogens is 2. The van der Waals surface area contributed by atoms with Gasteiger partial charge < -0.3 is 15.0 Å². The second-order valence-electron chi connectivity index (χ2n) is 7.30. The Balaban J connectivity index is 1.27. The zero-order valence-electron chi connectivity index (χ0n) is 15.6. The Morgan fingerprint density at radius 1 is 1.34 bits per heavy atom. The Labute approximate surface area is 169 Å². The molecular formula is C20H20F3N3O2S. The first-order valence-electron chi connectivity index (χ1n) is 9.32. The van der Waals surface area contributed by atoms with E-state index in [2.05, 4.69) is 15.3 Å². The molecule has 5 nitrogen and oxygen atoms in total. The summed E-state index contributed by atoms with van der Waals surface area (Å²) in [5.74, 6) is 1.35. The third kappa shape index (κ3) is 4.90. The molecule has 3 aromatic rings. The van der Waals surface area contributed by atoms with Crippen LogP contribution < -0.4 is 10.1 Å². The molecule has 0 saturated heterocycles. The van der Waals surface area contributed by atoms with Crippen LogP contribution in [0.4, 0.5) is 13.2 Å². The molecular weight excluding hydrogens is 403 g/mol. The average Bonchev–Trinajstić information content (AvgIpc) is 3.08. The maximum atomic E-state index is 12.4. The largest absolute Gasteiger partial charge is 0.475 e. The van der Waals surface area contributed by atoms with Gasteiger partial charge in [-0.05, 0) is 43.5 Å². The van der Waals surface area contributed by atoms with Gasteiger partial charge in [0.25, 0.3) is 0 Å². The van der Waals surface area contributed by atoms with E-state index < -0.39 is 12.8 Å². The molecule has 154 valence electrons. The Morgan fingerprint density at radius 2 is 2.14 bits per heavy atom. The molecule has 1 aromatic carbocycles. The number of rotatable bonds is 7. The third-order valence-electron chi connectivity index (χ3n) is 4.91. The first-order valence-corrected chi connectivity index (χ1v) is 10.1. The van der Waals surface area contributed by atoms with Gasteiger partial charge >= 0.3 is 6.18 Å². The van der Waals surface area contributed by atoms with Gasteiger partial charge in [-0.25, -0.2) is 4.98 Å². The summed E-state index contributed by atoms with van der Waals surface area (Å²) in [7, 11) is 0. The fraction of sp³-hybridized carbons (Fsp3) is 0.400. The summed E-state index contributed by atoms with van der Waals surface area (Å²) in [6.07, 6.45) is -3.06. The van der Waals surface area contributed by atoms with Crippen LogP contribution in [0.25, 0.3) is 11.0 Å². The first kappa shape index (κ1) is 19.8. The fourth-order valence-electron chi connectivity index (χ4n) is 3.36. The Hall–Kier alpha value is -2.55. The number of thiophene rings is 1. The van der Waals surface area contributed by atoms with E-state index >= 15 is 0 Å². The summed E-state index contributed by atoms with van der Waals surface area (Å²) in [5.41, 5.74) is 1.92. The number of benzene rings is 1. The van der Waals surface area contributed by atoms with Crippen molar-refractivity contribution in [1.82, 2.24) is 15.3 Å². The highest BCUT2D eigenvalue weighted by Gasteiger charge is 2.42. The van der Waals surface area contributed by atoms with Crippen molar-refractivity contribution in [1.29, 1.82) is 0 Å². The van der Waals surface area contributed by atoms with E-state index in [0.717, 1.165) is 39.5 Å². The summed E-state index contributed by atoms with van der Waals surface area (Å²) in [5, 5.41) is 3.10. The highest BCUT2D eigenvalue weighted by Crippen LogP contribution is 2.48. The van der Waals surface area contributed by atoms with Gasteiger partial charge in [0.05, 0.1) is 17.1 Å². The number of amides is 1. The van der Waals surface area contributed by atoms with Gasteiger partial charge in [-0.2, -0.15) is 13.2 Å². The molecule has 29 heavy (non-hydrogen) atoms. The average molecular weight is 423 g/mol. The highest BCUT2D eigenvalue weighted by atomic mass is 32.1. The van der Waals surface area contributed by atoms with Crippen molar-refractivity contribution < 1.29 is 22.7 Å². The predicted molar refractivity (Wildman–Crippen MR) is 104 cm³/mol. The molecule has 1 aliphatic carbocycles. The van der Waals surface area contributed by atoms with Gasteiger partial charge in [0, 0.05) is 17.2 Å². The normalized spacial score (nSPS) is 19.9. The second kappa shape index (κ2) is 7.70. The van der Waals surface area contributed by atoms with Crippen LogP contribution in [-0.2, 0) is 4.79 Å². The quantitative estimate of drug-likeness (QED) is 0.566. The SMILES string of the molecule is C[C@@H](NC(=O)C[C@@H]1C[C@@H]1c1nc2ccccc2[nH]1)c1ccc(OCC(F)(F)F)s1. The van der Waals surface area contributed by atoms with Gasteiger partial charge in [0.15, 0.2) is 11.7 Å². The number of alkyl halides is 3. The number of H-pyrrole nitrogens is 1. The second-order valence-corrected chi connectivity index (χ2v) is 8.37. The fourth-order valence-corrected chi connectivity index (χ4v) is 4.22. The lowest BCUT2D eigenvalue weighted by Gasteiger charge is -2.12. The lowest BCUT2D eigenvalue weighted by atomic mass is 10.2. The molecule has 4 rings (SSSR count). The molecule has 1 fully saturated rings.